The highest BCUT2D eigenvalue weighted by Gasteiger charge is 2.20. The fraction of sp³-hybridized carbons (Fsp3) is 0.588. The largest absolute Gasteiger partial charge is 0.354 e. The molecule has 0 bridgehead atoms. The molecular formula is C17H28N2O3S2. The van der Waals surface area contributed by atoms with E-state index in [9.17, 15) is 13.2 Å². The van der Waals surface area contributed by atoms with E-state index >= 15 is 0 Å². The first-order valence-corrected chi connectivity index (χ1v) is 10.8. The maximum atomic E-state index is 12.1. The zero-order chi connectivity index (χ0) is 18.4. The van der Waals surface area contributed by atoms with Gasteiger partial charge in [-0.25, -0.2) is 8.42 Å². The number of anilines is 1. The van der Waals surface area contributed by atoms with Gasteiger partial charge in [0.1, 0.15) is 6.54 Å². The molecule has 0 unspecified atom stereocenters. The van der Waals surface area contributed by atoms with Gasteiger partial charge in [0.15, 0.2) is 0 Å². The van der Waals surface area contributed by atoms with Crippen LogP contribution in [-0.4, -0.2) is 44.2 Å². The summed E-state index contributed by atoms with van der Waals surface area (Å²) in [5.74, 6) is 0.494. The number of hydrogen-bond acceptors (Lipinski definition) is 4. The lowest BCUT2D eigenvalue weighted by molar-refractivity contribution is -0.119. The van der Waals surface area contributed by atoms with Gasteiger partial charge < -0.3 is 5.32 Å². The summed E-state index contributed by atoms with van der Waals surface area (Å²) < 4.78 is 25.3. The van der Waals surface area contributed by atoms with Crippen LogP contribution in [0.2, 0.25) is 0 Å². The fourth-order valence-electron chi connectivity index (χ4n) is 2.03. The molecule has 1 aromatic carbocycles. The van der Waals surface area contributed by atoms with E-state index in [0.29, 0.717) is 12.2 Å². The van der Waals surface area contributed by atoms with Gasteiger partial charge >= 0.3 is 0 Å². The van der Waals surface area contributed by atoms with Gasteiger partial charge in [-0.3, -0.25) is 9.10 Å². The monoisotopic (exact) mass is 372 g/mol. The van der Waals surface area contributed by atoms with Crippen molar-refractivity contribution in [2.45, 2.75) is 38.9 Å². The van der Waals surface area contributed by atoms with E-state index in [4.69, 9.17) is 0 Å². The summed E-state index contributed by atoms with van der Waals surface area (Å²) in [6.07, 6.45) is 1.99. The highest BCUT2D eigenvalue weighted by Crippen LogP contribution is 2.22. The van der Waals surface area contributed by atoms with E-state index in [1.165, 1.54) is 0 Å². The molecule has 1 rings (SSSR count). The Bertz CT molecular complexity index is 635. The molecule has 1 amide bonds. The highest BCUT2D eigenvalue weighted by atomic mass is 32.2. The number of thioether (sulfide) groups is 1. The molecule has 0 saturated heterocycles. The highest BCUT2D eigenvalue weighted by molar-refractivity contribution is 8.00. The summed E-state index contributed by atoms with van der Waals surface area (Å²) in [5.41, 5.74) is 1.63. The first kappa shape index (κ1) is 20.8. The Morgan fingerprint density at radius 2 is 1.79 bits per heavy atom. The van der Waals surface area contributed by atoms with E-state index in [1.807, 2.05) is 19.1 Å². The normalized spacial score (nSPS) is 12.0. The molecule has 24 heavy (non-hydrogen) atoms. The van der Waals surface area contributed by atoms with Crippen LogP contribution in [0, 0.1) is 0 Å². The molecule has 0 fully saturated rings. The second-order valence-corrected chi connectivity index (χ2v) is 10.4. The fourth-order valence-corrected chi connectivity index (χ4v) is 3.70. The van der Waals surface area contributed by atoms with Gasteiger partial charge in [-0.1, -0.05) is 39.8 Å². The van der Waals surface area contributed by atoms with Crippen LogP contribution >= 0.6 is 11.8 Å². The molecule has 1 N–H and O–H groups in total. The van der Waals surface area contributed by atoms with E-state index in [1.54, 1.807) is 23.9 Å². The number of nitrogens with one attached hydrogen (secondary N) is 1. The maximum absolute atomic E-state index is 12.1. The molecule has 0 aromatic heterocycles. The van der Waals surface area contributed by atoms with Crippen molar-refractivity contribution < 1.29 is 13.2 Å². The number of carbonyl (C=O) groups excluding carboxylic acids is 1. The lowest BCUT2D eigenvalue weighted by Crippen LogP contribution is -2.41. The minimum absolute atomic E-state index is 0.143. The molecule has 0 aliphatic carbocycles. The Labute approximate surface area is 150 Å². The SMILES string of the molecule is CCc1ccc(N(CC(=O)NCCSC(C)(C)C)S(C)(=O)=O)cc1. The number of amides is 1. The van der Waals surface area contributed by atoms with Crippen molar-refractivity contribution in [2.24, 2.45) is 0 Å². The average Bonchev–Trinajstić information content (AvgIpc) is 2.47. The minimum Gasteiger partial charge on any atom is -0.354 e. The third kappa shape index (κ3) is 7.57. The van der Waals surface area contributed by atoms with Crippen molar-refractivity contribution in [1.29, 1.82) is 0 Å². The first-order valence-electron chi connectivity index (χ1n) is 8.00. The van der Waals surface area contributed by atoms with E-state index in [2.05, 4.69) is 26.1 Å². The summed E-state index contributed by atoms with van der Waals surface area (Å²) in [4.78, 5) is 12.1. The molecule has 136 valence electrons. The summed E-state index contributed by atoms with van der Waals surface area (Å²) in [6.45, 7) is 8.70. The molecule has 0 spiro atoms. The molecule has 0 heterocycles. The quantitative estimate of drug-likeness (QED) is 0.713. The summed E-state index contributed by atoms with van der Waals surface area (Å²) >= 11 is 1.75. The number of rotatable bonds is 8. The van der Waals surface area contributed by atoms with E-state index < -0.39 is 10.0 Å². The molecular weight excluding hydrogens is 344 g/mol. The number of nitrogens with zero attached hydrogens (tertiary/aromatic N) is 1. The summed E-state index contributed by atoms with van der Waals surface area (Å²) in [5, 5.41) is 2.78. The molecule has 0 saturated carbocycles. The predicted molar refractivity (Wildman–Crippen MR) is 103 cm³/mol. The van der Waals surface area contributed by atoms with E-state index in [-0.39, 0.29) is 17.2 Å². The smallest absolute Gasteiger partial charge is 0.240 e. The zero-order valence-electron chi connectivity index (χ0n) is 15.1. The van der Waals surface area contributed by atoms with Crippen LogP contribution in [0.15, 0.2) is 24.3 Å². The molecule has 0 atom stereocenters. The van der Waals surface area contributed by atoms with Crippen molar-refractivity contribution in [3.8, 4) is 0 Å². The maximum Gasteiger partial charge on any atom is 0.240 e. The van der Waals surface area contributed by atoms with Gasteiger partial charge in [0.25, 0.3) is 0 Å². The third-order valence-electron chi connectivity index (χ3n) is 3.28. The van der Waals surface area contributed by atoms with Gasteiger partial charge in [-0.15, -0.1) is 0 Å². The van der Waals surface area contributed by atoms with Gasteiger partial charge in [0, 0.05) is 17.0 Å². The molecule has 7 heteroatoms. The molecule has 5 nitrogen and oxygen atoms in total. The minimum atomic E-state index is -3.52. The van der Waals surface area contributed by atoms with Crippen LogP contribution in [-0.2, 0) is 21.2 Å². The second-order valence-electron chi connectivity index (χ2n) is 6.60. The standard InChI is InChI=1S/C17H28N2O3S2/c1-6-14-7-9-15(10-8-14)19(24(5,21)22)13-16(20)18-11-12-23-17(2,3)4/h7-10H,6,11-13H2,1-5H3,(H,18,20). The Morgan fingerprint density at radius 1 is 1.21 bits per heavy atom. The van der Waals surface area contributed by atoms with Crippen molar-refractivity contribution in [2.75, 3.05) is 29.4 Å². The van der Waals surface area contributed by atoms with Crippen LogP contribution in [0.3, 0.4) is 0 Å². The van der Waals surface area contributed by atoms with Crippen molar-refractivity contribution in [3.63, 3.8) is 0 Å². The average molecular weight is 373 g/mol. The number of aryl methyl sites for hydroxylation is 1. The number of hydrogen-bond donors (Lipinski definition) is 1. The Kier molecular flexibility index (Phi) is 7.60. The van der Waals surface area contributed by atoms with Crippen LogP contribution in [0.4, 0.5) is 5.69 Å². The number of carbonyl (C=O) groups is 1. The molecule has 0 aliphatic rings. The van der Waals surface area contributed by atoms with Crippen LogP contribution < -0.4 is 9.62 Å². The van der Waals surface area contributed by atoms with Gasteiger partial charge in [0.2, 0.25) is 15.9 Å². The summed E-state index contributed by atoms with van der Waals surface area (Å²) in [7, 11) is -3.52. The molecule has 0 aliphatic heterocycles. The Balaban J connectivity index is 2.68. The van der Waals surface area contributed by atoms with Crippen molar-refractivity contribution in [3.05, 3.63) is 29.8 Å². The number of sulfonamides is 1. The first-order chi connectivity index (χ1) is 11.0. The zero-order valence-corrected chi connectivity index (χ0v) is 16.8. The predicted octanol–water partition coefficient (Wildman–Crippen LogP) is 2.66. The topological polar surface area (TPSA) is 66.5 Å². The van der Waals surface area contributed by atoms with Crippen LogP contribution in [0.5, 0.6) is 0 Å². The lowest BCUT2D eigenvalue weighted by atomic mass is 10.1. The van der Waals surface area contributed by atoms with Crippen molar-refractivity contribution >= 4 is 33.4 Å². The second kappa shape index (κ2) is 8.76. The Morgan fingerprint density at radius 3 is 2.25 bits per heavy atom. The van der Waals surface area contributed by atoms with Gasteiger partial charge in [-0.2, -0.15) is 11.8 Å². The van der Waals surface area contributed by atoms with Gasteiger partial charge in [0.05, 0.1) is 11.9 Å². The third-order valence-corrected chi connectivity index (χ3v) is 5.69. The molecule has 0 radical (unpaired) electrons. The summed E-state index contributed by atoms with van der Waals surface area (Å²) in [6, 6.07) is 7.24. The van der Waals surface area contributed by atoms with Crippen LogP contribution in [0.25, 0.3) is 0 Å². The van der Waals surface area contributed by atoms with Crippen LogP contribution in [0.1, 0.15) is 33.3 Å². The Hall–Kier alpha value is -1.21. The van der Waals surface area contributed by atoms with Gasteiger partial charge in [-0.05, 0) is 24.1 Å². The molecule has 1 aromatic rings. The van der Waals surface area contributed by atoms with Crippen molar-refractivity contribution in [1.82, 2.24) is 5.32 Å². The number of benzene rings is 1. The van der Waals surface area contributed by atoms with E-state index in [0.717, 1.165) is 28.3 Å². The lowest BCUT2D eigenvalue weighted by Gasteiger charge is -2.22.